The number of benzene rings is 1. The molecule has 0 saturated carbocycles. The van der Waals surface area contributed by atoms with E-state index in [-0.39, 0.29) is 31.8 Å². The SMILES string of the molecule is N#Cc1c(Cl)c(Cl)c(Cl)c(Cl)c1C(=O)O.[NH4+]. The van der Waals surface area contributed by atoms with Crippen molar-refractivity contribution in [3.63, 3.8) is 0 Å². The van der Waals surface area contributed by atoms with E-state index in [1.807, 2.05) is 0 Å². The molecule has 0 saturated heterocycles. The van der Waals surface area contributed by atoms with Crippen LogP contribution in [0.1, 0.15) is 15.9 Å². The second kappa shape index (κ2) is 5.58. The maximum absolute atomic E-state index is 10.8. The quantitative estimate of drug-likeness (QED) is 0.599. The lowest BCUT2D eigenvalue weighted by atomic mass is 10.1. The third-order valence-corrected chi connectivity index (χ3v) is 3.39. The average Bonchev–Trinajstić information content (AvgIpc) is 2.19. The Labute approximate surface area is 111 Å². The number of halogens is 4. The summed E-state index contributed by atoms with van der Waals surface area (Å²) in [6.45, 7) is 0. The topological polar surface area (TPSA) is 97.6 Å². The Kier molecular flexibility index (Phi) is 5.33. The van der Waals surface area contributed by atoms with E-state index >= 15 is 0 Å². The maximum Gasteiger partial charge on any atom is 0.338 e. The van der Waals surface area contributed by atoms with Crippen LogP contribution in [0.5, 0.6) is 0 Å². The van der Waals surface area contributed by atoms with Gasteiger partial charge in [-0.25, -0.2) is 4.79 Å². The van der Waals surface area contributed by atoms with Crippen molar-refractivity contribution >= 4 is 52.4 Å². The lowest BCUT2D eigenvalue weighted by Crippen LogP contribution is -2.03. The van der Waals surface area contributed by atoms with Crippen molar-refractivity contribution < 1.29 is 9.90 Å². The molecule has 0 spiro atoms. The van der Waals surface area contributed by atoms with Gasteiger partial charge in [0.2, 0.25) is 0 Å². The summed E-state index contributed by atoms with van der Waals surface area (Å²) in [5.41, 5.74) is -0.748. The normalized spacial score (nSPS) is 9.19. The smallest absolute Gasteiger partial charge is 0.338 e. The molecule has 0 amide bonds. The summed E-state index contributed by atoms with van der Waals surface area (Å²) in [5, 5.41) is 16.7. The summed E-state index contributed by atoms with van der Waals surface area (Å²) in [4.78, 5) is 10.8. The number of hydrogen-bond acceptors (Lipinski definition) is 2. The molecule has 0 atom stereocenters. The van der Waals surface area contributed by atoms with Crippen LogP contribution in [0.2, 0.25) is 20.1 Å². The third-order valence-electron chi connectivity index (χ3n) is 1.59. The standard InChI is InChI=1S/C8HCl4NO2.H3N/c9-4-2(1-13)3(8(14)15)5(10)7(12)6(4)11;/h(H,14,15);1H3/p+1. The number of carboxylic acids is 1. The van der Waals surface area contributed by atoms with Crippen LogP contribution in [-0.4, -0.2) is 11.1 Å². The van der Waals surface area contributed by atoms with Gasteiger partial charge in [0.05, 0.1) is 31.2 Å². The van der Waals surface area contributed by atoms with Crippen LogP contribution >= 0.6 is 46.4 Å². The largest absolute Gasteiger partial charge is 0.478 e. The van der Waals surface area contributed by atoms with Crippen LogP contribution in [0.3, 0.4) is 0 Å². The van der Waals surface area contributed by atoms with Crippen LogP contribution in [-0.2, 0) is 0 Å². The predicted octanol–water partition coefficient (Wildman–Crippen LogP) is 4.25. The fourth-order valence-corrected chi connectivity index (χ4v) is 1.91. The molecular formula is C8H5Cl4N2O2+. The van der Waals surface area contributed by atoms with Gasteiger partial charge < -0.3 is 11.3 Å². The molecule has 1 rings (SSSR count). The number of rotatable bonds is 1. The Morgan fingerprint density at radius 1 is 1.06 bits per heavy atom. The van der Waals surface area contributed by atoms with E-state index in [1.165, 1.54) is 0 Å². The first-order valence-corrected chi connectivity index (χ1v) is 4.92. The zero-order valence-corrected chi connectivity index (χ0v) is 10.8. The highest BCUT2D eigenvalue weighted by Gasteiger charge is 2.24. The van der Waals surface area contributed by atoms with E-state index in [0.717, 1.165) is 0 Å². The first-order chi connectivity index (χ1) is 6.91. The van der Waals surface area contributed by atoms with Crippen LogP contribution in [0.25, 0.3) is 0 Å². The van der Waals surface area contributed by atoms with Gasteiger partial charge in [-0.1, -0.05) is 46.4 Å². The molecule has 0 fully saturated rings. The summed E-state index contributed by atoms with van der Waals surface area (Å²) >= 11 is 22.6. The van der Waals surface area contributed by atoms with E-state index in [9.17, 15) is 4.79 Å². The van der Waals surface area contributed by atoms with Gasteiger partial charge in [-0.3, -0.25) is 0 Å². The monoisotopic (exact) mass is 301 g/mol. The Balaban J connectivity index is 0.00000225. The van der Waals surface area contributed by atoms with Gasteiger partial charge in [0.1, 0.15) is 6.07 Å². The predicted molar refractivity (Wildman–Crippen MR) is 64.1 cm³/mol. The van der Waals surface area contributed by atoms with Gasteiger partial charge in [-0.2, -0.15) is 5.26 Å². The lowest BCUT2D eigenvalue weighted by Gasteiger charge is -2.08. The summed E-state index contributed by atoms with van der Waals surface area (Å²) < 4.78 is 0. The molecule has 86 valence electrons. The van der Waals surface area contributed by atoms with E-state index in [0.29, 0.717) is 0 Å². The molecule has 0 aliphatic heterocycles. The van der Waals surface area contributed by atoms with Crippen molar-refractivity contribution in [3.8, 4) is 6.07 Å². The third kappa shape index (κ3) is 2.34. The molecule has 1 aromatic carbocycles. The van der Waals surface area contributed by atoms with Crippen molar-refractivity contribution in [2.75, 3.05) is 0 Å². The zero-order chi connectivity index (χ0) is 11.7. The highest BCUT2D eigenvalue weighted by Crippen LogP contribution is 2.41. The van der Waals surface area contributed by atoms with E-state index in [1.54, 1.807) is 6.07 Å². The summed E-state index contributed by atoms with van der Waals surface area (Å²) in [6.07, 6.45) is 0. The Morgan fingerprint density at radius 2 is 1.50 bits per heavy atom. The molecule has 0 aliphatic carbocycles. The molecular weight excluding hydrogens is 298 g/mol. The van der Waals surface area contributed by atoms with Crippen molar-refractivity contribution in [3.05, 3.63) is 31.2 Å². The molecule has 0 heterocycles. The number of quaternary nitrogens is 1. The van der Waals surface area contributed by atoms with Gasteiger partial charge in [-0.05, 0) is 0 Å². The molecule has 5 N–H and O–H groups in total. The zero-order valence-electron chi connectivity index (χ0n) is 7.81. The van der Waals surface area contributed by atoms with Gasteiger partial charge in [0.15, 0.2) is 0 Å². The number of hydrogen-bond donors (Lipinski definition) is 2. The molecule has 16 heavy (non-hydrogen) atoms. The van der Waals surface area contributed by atoms with Crippen molar-refractivity contribution in [1.29, 1.82) is 5.26 Å². The fraction of sp³-hybridized carbons (Fsp3) is 0. The van der Waals surface area contributed by atoms with Crippen LogP contribution in [0.15, 0.2) is 0 Å². The van der Waals surface area contributed by atoms with E-state index < -0.39 is 11.5 Å². The number of nitriles is 1. The Morgan fingerprint density at radius 3 is 1.88 bits per heavy atom. The number of carbonyl (C=O) groups is 1. The van der Waals surface area contributed by atoms with Crippen LogP contribution in [0, 0.1) is 11.3 Å². The second-order valence-electron chi connectivity index (χ2n) is 2.42. The first-order valence-electron chi connectivity index (χ1n) is 3.41. The second-order valence-corrected chi connectivity index (χ2v) is 3.93. The number of carboxylic acid groups (broad SMARTS) is 1. The molecule has 0 aliphatic rings. The maximum atomic E-state index is 10.8. The average molecular weight is 303 g/mol. The van der Waals surface area contributed by atoms with E-state index in [2.05, 4.69) is 0 Å². The van der Waals surface area contributed by atoms with Gasteiger partial charge >= 0.3 is 5.97 Å². The molecule has 1 aromatic rings. The number of aromatic carboxylic acids is 1. The van der Waals surface area contributed by atoms with Crippen LogP contribution in [0.4, 0.5) is 0 Å². The lowest BCUT2D eigenvalue weighted by molar-refractivity contribution is 0.0697. The molecule has 0 bridgehead atoms. The highest BCUT2D eigenvalue weighted by molar-refractivity contribution is 6.53. The minimum absolute atomic E-state index is 0. The molecule has 4 nitrogen and oxygen atoms in total. The molecule has 0 aromatic heterocycles. The van der Waals surface area contributed by atoms with Crippen LogP contribution < -0.4 is 6.15 Å². The van der Waals surface area contributed by atoms with Gasteiger partial charge in [-0.15, -0.1) is 0 Å². The minimum Gasteiger partial charge on any atom is -0.478 e. The summed E-state index contributed by atoms with van der Waals surface area (Å²) in [5.74, 6) is -1.39. The molecule has 8 heteroatoms. The van der Waals surface area contributed by atoms with Gasteiger partial charge in [0.25, 0.3) is 0 Å². The molecule has 0 radical (unpaired) electrons. The minimum atomic E-state index is -1.39. The van der Waals surface area contributed by atoms with Gasteiger partial charge in [0, 0.05) is 0 Å². The summed E-state index contributed by atoms with van der Waals surface area (Å²) in [6, 6.07) is 1.61. The van der Waals surface area contributed by atoms with Crippen molar-refractivity contribution in [1.82, 2.24) is 6.15 Å². The Hall–Kier alpha value is -0.700. The summed E-state index contributed by atoms with van der Waals surface area (Å²) in [7, 11) is 0. The number of nitrogens with zero attached hydrogens (tertiary/aromatic N) is 1. The van der Waals surface area contributed by atoms with Crippen molar-refractivity contribution in [2.45, 2.75) is 0 Å². The highest BCUT2D eigenvalue weighted by atomic mass is 35.5. The fourth-order valence-electron chi connectivity index (χ4n) is 0.937. The van der Waals surface area contributed by atoms with E-state index in [4.69, 9.17) is 56.8 Å². The van der Waals surface area contributed by atoms with Crippen molar-refractivity contribution in [2.24, 2.45) is 0 Å². The Bertz CT molecular complexity index is 496. The molecule has 0 unspecified atom stereocenters. The first kappa shape index (κ1) is 15.3.